The van der Waals surface area contributed by atoms with E-state index in [9.17, 15) is 19.5 Å². The first-order valence-electron chi connectivity index (χ1n) is 8.76. The first-order valence-corrected chi connectivity index (χ1v) is 8.76. The molecule has 0 spiro atoms. The molecular weight excluding hydrogens is 356 g/mol. The molecule has 0 aromatic heterocycles. The second-order valence-electron chi connectivity index (χ2n) is 6.51. The zero-order valence-corrected chi connectivity index (χ0v) is 15.1. The lowest BCUT2D eigenvalue weighted by Gasteiger charge is -2.21. The minimum atomic E-state index is -2.02. The van der Waals surface area contributed by atoms with Gasteiger partial charge >= 0.3 is 0 Å². The number of allylic oxidation sites excluding steroid dienone is 3. The Morgan fingerprint density at radius 1 is 1.04 bits per heavy atom. The molecule has 2 aromatic carbocycles. The Kier molecular flexibility index (Phi) is 5.52. The van der Waals surface area contributed by atoms with Crippen LogP contribution in [-0.4, -0.2) is 29.2 Å². The van der Waals surface area contributed by atoms with Gasteiger partial charge in [0, 0.05) is 5.56 Å². The normalized spacial score (nSPS) is 18.8. The molecule has 6 nitrogen and oxygen atoms in total. The van der Waals surface area contributed by atoms with Crippen LogP contribution in [0.1, 0.15) is 17.5 Å². The van der Waals surface area contributed by atoms with Crippen LogP contribution in [0.3, 0.4) is 0 Å². The number of anilines is 1. The van der Waals surface area contributed by atoms with Crippen molar-refractivity contribution in [2.75, 3.05) is 11.4 Å². The van der Waals surface area contributed by atoms with Crippen molar-refractivity contribution in [3.8, 4) is 0 Å². The number of nitrogens with zero attached hydrogens (tertiary/aromatic N) is 1. The maximum atomic E-state index is 12.7. The number of nitrogens with two attached hydrogens (primary N) is 1. The predicted octanol–water partition coefficient (Wildman–Crippen LogP) is 1.93. The number of amides is 2. The summed E-state index contributed by atoms with van der Waals surface area (Å²) in [5, 5.41) is 11.0. The lowest BCUT2D eigenvalue weighted by molar-refractivity contribution is -0.141. The van der Waals surface area contributed by atoms with E-state index in [0.717, 1.165) is 10.5 Å². The Balaban J connectivity index is 1.76. The molecule has 6 heteroatoms. The van der Waals surface area contributed by atoms with Gasteiger partial charge in [0.15, 0.2) is 11.4 Å². The summed E-state index contributed by atoms with van der Waals surface area (Å²) in [5.74, 6) is -1.84. The molecule has 1 aliphatic rings. The third kappa shape index (κ3) is 3.92. The van der Waals surface area contributed by atoms with Crippen molar-refractivity contribution in [2.45, 2.75) is 12.0 Å². The molecule has 3 rings (SSSR count). The van der Waals surface area contributed by atoms with E-state index < -0.39 is 29.6 Å². The Hall–Kier alpha value is -3.51. The first-order chi connectivity index (χ1) is 13.4. The highest BCUT2D eigenvalue weighted by atomic mass is 16.3. The van der Waals surface area contributed by atoms with Crippen molar-refractivity contribution in [3.05, 3.63) is 84.0 Å². The van der Waals surface area contributed by atoms with Gasteiger partial charge in [0.25, 0.3) is 5.91 Å². The molecule has 0 radical (unpaired) electrons. The average Bonchev–Trinajstić information content (AvgIpc) is 2.88. The highest BCUT2D eigenvalue weighted by molar-refractivity contribution is 6.11. The Morgan fingerprint density at radius 3 is 2.43 bits per heavy atom. The van der Waals surface area contributed by atoms with Crippen LogP contribution in [0.2, 0.25) is 0 Å². The van der Waals surface area contributed by atoms with Gasteiger partial charge in [0.05, 0.1) is 12.1 Å². The van der Waals surface area contributed by atoms with Crippen molar-refractivity contribution < 1.29 is 19.5 Å². The highest BCUT2D eigenvalue weighted by Crippen LogP contribution is 2.42. The number of hydrogen-bond donors (Lipinski definition) is 2. The molecule has 28 heavy (non-hydrogen) atoms. The number of para-hydroxylation sites is 1. The van der Waals surface area contributed by atoms with E-state index in [0.29, 0.717) is 11.3 Å². The van der Waals surface area contributed by atoms with Crippen LogP contribution < -0.4 is 10.6 Å². The maximum Gasteiger partial charge on any atom is 0.264 e. The number of benzene rings is 2. The van der Waals surface area contributed by atoms with Crippen LogP contribution in [-0.2, 0) is 20.0 Å². The number of aliphatic hydroxyl groups is 1. The summed E-state index contributed by atoms with van der Waals surface area (Å²) in [5.41, 5.74) is 4.86. The number of carbonyl (C=O) groups is 3. The van der Waals surface area contributed by atoms with E-state index in [1.54, 1.807) is 36.4 Å². The van der Waals surface area contributed by atoms with E-state index in [1.807, 2.05) is 36.4 Å². The van der Waals surface area contributed by atoms with Gasteiger partial charge in [-0.25, -0.2) is 0 Å². The number of primary amides is 1. The highest BCUT2D eigenvalue weighted by Gasteiger charge is 2.50. The smallest absolute Gasteiger partial charge is 0.264 e. The van der Waals surface area contributed by atoms with Gasteiger partial charge in [-0.1, -0.05) is 66.8 Å². The summed E-state index contributed by atoms with van der Waals surface area (Å²) in [6.07, 6.45) is 5.99. The standard InChI is InChI=1S/C22H20N2O4/c23-20(26)15-24-19-13-7-6-12-18(19)22(28,21(24)27)14-17(25)11-5-4-10-16-8-2-1-3-9-16/h1-13,28H,14-15H2,(H2,23,26)/b10-4+,11-5+/t22-/m0/s1. The van der Waals surface area contributed by atoms with Crippen LogP contribution in [0.15, 0.2) is 72.8 Å². The fourth-order valence-electron chi connectivity index (χ4n) is 3.20. The zero-order valence-electron chi connectivity index (χ0n) is 15.1. The molecule has 3 N–H and O–H groups in total. The van der Waals surface area contributed by atoms with E-state index >= 15 is 0 Å². The molecule has 1 heterocycles. The second kappa shape index (κ2) is 8.02. The van der Waals surface area contributed by atoms with Gasteiger partial charge in [-0.3, -0.25) is 19.3 Å². The van der Waals surface area contributed by atoms with Gasteiger partial charge in [-0.15, -0.1) is 0 Å². The molecule has 0 unspecified atom stereocenters. The van der Waals surface area contributed by atoms with Gasteiger partial charge in [0.2, 0.25) is 5.91 Å². The summed E-state index contributed by atoms with van der Waals surface area (Å²) in [6, 6.07) is 16.1. The maximum absolute atomic E-state index is 12.7. The van der Waals surface area contributed by atoms with E-state index in [4.69, 9.17) is 5.73 Å². The van der Waals surface area contributed by atoms with Crippen molar-refractivity contribution in [2.24, 2.45) is 5.73 Å². The second-order valence-corrected chi connectivity index (χ2v) is 6.51. The van der Waals surface area contributed by atoms with Gasteiger partial charge in [0.1, 0.15) is 6.54 Å². The van der Waals surface area contributed by atoms with Crippen molar-refractivity contribution in [1.82, 2.24) is 0 Å². The molecule has 2 aromatic rings. The van der Waals surface area contributed by atoms with Crippen LogP contribution in [0.25, 0.3) is 6.08 Å². The number of rotatable bonds is 7. The third-order valence-corrected chi connectivity index (χ3v) is 4.46. The topological polar surface area (TPSA) is 101 Å². The molecule has 1 atom stereocenters. The summed E-state index contributed by atoms with van der Waals surface area (Å²) in [7, 11) is 0. The van der Waals surface area contributed by atoms with Crippen LogP contribution >= 0.6 is 0 Å². The molecule has 0 bridgehead atoms. The lowest BCUT2D eigenvalue weighted by Crippen LogP contribution is -2.44. The van der Waals surface area contributed by atoms with E-state index in [2.05, 4.69) is 0 Å². The summed E-state index contributed by atoms with van der Waals surface area (Å²) >= 11 is 0. The molecular formula is C22H20N2O4. The Morgan fingerprint density at radius 2 is 1.71 bits per heavy atom. The quantitative estimate of drug-likeness (QED) is 0.570. The molecule has 0 aliphatic carbocycles. The number of carbonyl (C=O) groups excluding carboxylic acids is 3. The fourth-order valence-corrected chi connectivity index (χ4v) is 3.20. The number of fused-ring (bicyclic) bond motifs is 1. The van der Waals surface area contributed by atoms with Crippen LogP contribution in [0, 0.1) is 0 Å². The Labute approximate surface area is 162 Å². The summed E-state index contributed by atoms with van der Waals surface area (Å²) in [4.78, 5) is 37.5. The minimum absolute atomic E-state index is 0.294. The monoisotopic (exact) mass is 376 g/mol. The summed E-state index contributed by atoms with van der Waals surface area (Å²) < 4.78 is 0. The SMILES string of the molecule is NC(=O)CN1C(=O)[C@](O)(CC(=O)/C=C/C=C/c2ccccc2)c2ccccc21. The molecule has 0 saturated heterocycles. The molecule has 142 valence electrons. The van der Waals surface area contributed by atoms with E-state index in [-0.39, 0.29) is 6.54 Å². The van der Waals surface area contributed by atoms with Gasteiger partial charge in [-0.2, -0.15) is 0 Å². The van der Waals surface area contributed by atoms with Crippen molar-refractivity contribution in [3.63, 3.8) is 0 Å². The molecule has 1 aliphatic heterocycles. The minimum Gasteiger partial charge on any atom is -0.375 e. The number of ketones is 1. The molecule has 2 amide bonds. The molecule has 0 saturated carbocycles. The lowest BCUT2D eigenvalue weighted by atomic mass is 9.90. The third-order valence-electron chi connectivity index (χ3n) is 4.46. The fraction of sp³-hybridized carbons (Fsp3) is 0.136. The molecule has 0 fully saturated rings. The first kappa shape index (κ1) is 19.3. The average molecular weight is 376 g/mol. The predicted molar refractivity (Wildman–Crippen MR) is 106 cm³/mol. The number of hydrogen-bond acceptors (Lipinski definition) is 4. The zero-order chi connectivity index (χ0) is 20.1. The van der Waals surface area contributed by atoms with Gasteiger partial charge < -0.3 is 10.8 Å². The summed E-state index contributed by atoms with van der Waals surface area (Å²) in [6.45, 7) is -0.359. The van der Waals surface area contributed by atoms with Crippen molar-refractivity contribution >= 4 is 29.4 Å². The van der Waals surface area contributed by atoms with E-state index in [1.165, 1.54) is 6.08 Å². The van der Waals surface area contributed by atoms with Crippen LogP contribution in [0.5, 0.6) is 0 Å². The largest absolute Gasteiger partial charge is 0.375 e. The Bertz CT molecular complexity index is 966. The van der Waals surface area contributed by atoms with Gasteiger partial charge in [-0.05, 0) is 17.7 Å². The van der Waals surface area contributed by atoms with Crippen molar-refractivity contribution in [1.29, 1.82) is 0 Å². The van der Waals surface area contributed by atoms with Crippen LogP contribution in [0.4, 0.5) is 5.69 Å².